The lowest BCUT2D eigenvalue weighted by molar-refractivity contribution is -0.143. The summed E-state index contributed by atoms with van der Waals surface area (Å²) in [5.41, 5.74) is 1.00. The van der Waals surface area contributed by atoms with Crippen LogP contribution in [0.3, 0.4) is 0 Å². The first kappa shape index (κ1) is 19.7. The van der Waals surface area contributed by atoms with Crippen LogP contribution in [0, 0.1) is 0 Å². The molecule has 1 fully saturated rings. The largest absolute Gasteiger partial charge is 0.467 e. The number of nitrogens with zero attached hydrogens (tertiary/aromatic N) is 5. The second-order valence-corrected chi connectivity index (χ2v) is 8.42. The number of benzene rings is 2. The van der Waals surface area contributed by atoms with Crippen molar-refractivity contribution in [3.8, 4) is 0 Å². The molecule has 158 valence electrons. The Bertz CT molecular complexity index is 1340. The average Bonchev–Trinajstić information content (AvgIpc) is 3.46. The molecule has 0 amide bonds. The Kier molecular flexibility index (Phi) is 4.97. The summed E-state index contributed by atoms with van der Waals surface area (Å²) in [6.07, 6.45) is 2.15. The Balaban J connectivity index is 1.90. The highest BCUT2D eigenvalue weighted by Gasteiger charge is 2.30. The van der Waals surface area contributed by atoms with Gasteiger partial charge in [0.2, 0.25) is 11.7 Å². The third kappa shape index (κ3) is 3.20. The van der Waals surface area contributed by atoms with Gasteiger partial charge in [0.15, 0.2) is 6.04 Å². The standard InChI is InChI=1S/C22H20BrN5O3/c1-31-20(30)18(14-7-3-2-4-8-14)28-19(29)16-13-15(23)9-10-17(16)27-21(24-25-22(27)28)26-11-5-6-12-26/h2-4,7-10,13,18H,5-6,11-12H2,1H3. The van der Waals surface area contributed by atoms with Crippen LogP contribution < -0.4 is 10.5 Å². The van der Waals surface area contributed by atoms with Gasteiger partial charge in [0.25, 0.3) is 5.56 Å². The zero-order chi connectivity index (χ0) is 21.5. The molecule has 0 saturated carbocycles. The first-order valence-electron chi connectivity index (χ1n) is 10.1. The lowest BCUT2D eigenvalue weighted by Crippen LogP contribution is -2.33. The average molecular weight is 482 g/mol. The first-order chi connectivity index (χ1) is 15.1. The highest BCUT2D eigenvalue weighted by Crippen LogP contribution is 2.28. The molecule has 5 rings (SSSR count). The molecule has 1 aliphatic heterocycles. The predicted molar refractivity (Wildman–Crippen MR) is 120 cm³/mol. The maximum atomic E-state index is 13.7. The molecule has 2 aromatic carbocycles. The van der Waals surface area contributed by atoms with Gasteiger partial charge >= 0.3 is 5.97 Å². The highest BCUT2D eigenvalue weighted by atomic mass is 79.9. The van der Waals surface area contributed by atoms with Crippen LogP contribution in [0.2, 0.25) is 0 Å². The zero-order valence-electron chi connectivity index (χ0n) is 16.9. The van der Waals surface area contributed by atoms with Gasteiger partial charge in [0.05, 0.1) is 18.0 Å². The van der Waals surface area contributed by atoms with Crippen molar-refractivity contribution in [2.24, 2.45) is 0 Å². The Morgan fingerprint density at radius 3 is 2.55 bits per heavy atom. The van der Waals surface area contributed by atoms with E-state index in [1.807, 2.05) is 34.7 Å². The fourth-order valence-electron chi connectivity index (χ4n) is 4.23. The number of hydrogen-bond acceptors (Lipinski definition) is 6. The van der Waals surface area contributed by atoms with Crippen molar-refractivity contribution >= 4 is 44.5 Å². The molecule has 1 saturated heterocycles. The summed E-state index contributed by atoms with van der Waals surface area (Å²) in [5.74, 6) is 0.432. The number of aromatic nitrogens is 4. The Labute approximate surface area is 186 Å². The molecule has 0 bridgehead atoms. The Morgan fingerprint density at radius 1 is 1.10 bits per heavy atom. The maximum Gasteiger partial charge on any atom is 0.333 e. The summed E-state index contributed by atoms with van der Waals surface area (Å²) in [4.78, 5) is 28.8. The van der Waals surface area contributed by atoms with Gasteiger partial charge in [0, 0.05) is 17.6 Å². The molecule has 31 heavy (non-hydrogen) atoms. The van der Waals surface area contributed by atoms with E-state index in [1.54, 1.807) is 18.2 Å². The zero-order valence-corrected chi connectivity index (χ0v) is 18.4. The van der Waals surface area contributed by atoms with E-state index < -0.39 is 12.0 Å². The minimum Gasteiger partial charge on any atom is -0.467 e. The fraction of sp³-hybridized carbons (Fsp3) is 0.273. The number of esters is 1. The van der Waals surface area contributed by atoms with Crippen molar-refractivity contribution in [2.45, 2.75) is 18.9 Å². The molecule has 2 aromatic heterocycles. The molecular weight excluding hydrogens is 462 g/mol. The van der Waals surface area contributed by atoms with Crippen molar-refractivity contribution in [2.75, 3.05) is 25.1 Å². The molecule has 1 aliphatic rings. The number of halogens is 1. The van der Waals surface area contributed by atoms with E-state index in [-0.39, 0.29) is 5.56 Å². The quantitative estimate of drug-likeness (QED) is 0.416. The van der Waals surface area contributed by atoms with Gasteiger partial charge in [-0.05, 0) is 36.6 Å². The lowest BCUT2D eigenvalue weighted by Gasteiger charge is -2.21. The summed E-state index contributed by atoms with van der Waals surface area (Å²) in [6.45, 7) is 1.74. The number of anilines is 1. The molecule has 1 unspecified atom stereocenters. The van der Waals surface area contributed by atoms with Gasteiger partial charge in [-0.2, -0.15) is 0 Å². The van der Waals surface area contributed by atoms with E-state index in [4.69, 9.17) is 4.74 Å². The molecule has 1 atom stereocenters. The molecule has 9 heteroatoms. The number of ether oxygens (including phenoxy) is 1. The van der Waals surface area contributed by atoms with Crippen LogP contribution in [0.25, 0.3) is 16.7 Å². The second-order valence-electron chi connectivity index (χ2n) is 7.50. The summed E-state index contributed by atoms with van der Waals surface area (Å²) < 4.78 is 9.12. The number of hydrogen-bond donors (Lipinski definition) is 0. The van der Waals surface area contributed by atoms with Crippen LogP contribution in [-0.4, -0.2) is 45.3 Å². The normalized spacial score (nSPS) is 15.0. The molecule has 3 heterocycles. The minimum absolute atomic E-state index is 0.306. The number of rotatable bonds is 4. The van der Waals surface area contributed by atoms with Crippen LogP contribution in [0.4, 0.5) is 5.95 Å². The fourth-order valence-corrected chi connectivity index (χ4v) is 4.59. The van der Waals surface area contributed by atoms with E-state index in [2.05, 4.69) is 31.0 Å². The lowest BCUT2D eigenvalue weighted by atomic mass is 10.1. The van der Waals surface area contributed by atoms with Gasteiger partial charge < -0.3 is 9.64 Å². The topological polar surface area (TPSA) is 81.7 Å². The predicted octanol–water partition coefficient (Wildman–Crippen LogP) is 3.17. The van der Waals surface area contributed by atoms with Crippen molar-refractivity contribution < 1.29 is 9.53 Å². The Morgan fingerprint density at radius 2 is 1.84 bits per heavy atom. The number of carbonyl (C=O) groups excluding carboxylic acids is 1. The van der Waals surface area contributed by atoms with Crippen molar-refractivity contribution in [1.82, 2.24) is 19.2 Å². The summed E-state index contributed by atoms with van der Waals surface area (Å²) >= 11 is 3.46. The van der Waals surface area contributed by atoms with Crippen LogP contribution in [0.15, 0.2) is 57.8 Å². The van der Waals surface area contributed by atoms with Crippen LogP contribution in [0.5, 0.6) is 0 Å². The van der Waals surface area contributed by atoms with Crippen molar-refractivity contribution in [1.29, 1.82) is 0 Å². The minimum atomic E-state index is -0.986. The third-order valence-electron chi connectivity index (χ3n) is 5.68. The van der Waals surface area contributed by atoms with Crippen molar-refractivity contribution in [3.63, 3.8) is 0 Å². The molecule has 0 radical (unpaired) electrons. The van der Waals surface area contributed by atoms with E-state index >= 15 is 0 Å². The summed E-state index contributed by atoms with van der Waals surface area (Å²) in [6, 6.07) is 13.6. The second kappa shape index (κ2) is 7.81. The van der Waals surface area contributed by atoms with E-state index in [0.717, 1.165) is 30.4 Å². The smallest absolute Gasteiger partial charge is 0.333 e. The molecule has 4 aromatic rings. The van der Waals surface area contributed by atoms with Gasteiger partial charge in [-0.15, -0.1) is 10.2 Å². The van der Waals surface area contributed by atoms with E-state index in [1.165, 1.54) is 11.7 Å². The molecule has 0 spiro atoms. The monoisotopic (exact) mass is 481 g/mol. The first-order valence-corrected chi connectivity index (χ1v) is 10.9. The Hall–Kier alpha value is -3.20. The highest BCUT2D eigenvalue weighted by molar-refractivity contribution is 9.10. The summed E-state index contributed by atoms with van der Waals surface area (Å²) in [7, 11) is 1.32. The number of methoxy groups -OCH3 is 1. The van der Waals surface area contributed by atoms with E-state index in [9.17, 15) is 9.59 Å². The van der Waals surface area contributed by atoms with Gasteiger partial charge in [-0.1, -0.05) is 46.3 Å². The van der Waals surface area contributed by atoms with Crippen LogP contribution in [-0.2, 0) is 9.53 Å². The van der Waals surface area contributed by atoms with Gasteiger partial charge in [-0.3, -0.25) is 9.36 Å². The molecule has 0 aliphatic carbocycles. The van der Waals surface area contributed by atoms with Gasteiger partial charge in [0.1, 0.15) is 0 Å². The molecule has 0 N–H and O–H groups in total. The van der Waals surface area contributed by atoms with Crippen LogP contribution in [0.1, 0.15) is 24.4 Å². The SMILES string of the molecule is COC(=O)C(c1ccccc1)n1c(=O)c2cc(Br)ccc2n2c(N3CCCC3)nnc12. The van der Waals surface area contributed by atoms with Gasteiger partial charge in [-0.25, -0.2) is 9.20 Å². The van der Waals surface area contributed by atoms with Crippen LogP contribution >= 0.6 is 15.9 Å². The molecular formula is C22H20BrN5O3. The molecule has 8 nitrogen and oxygen atoms in total. The van der Waals surface area contributed by atoms with Crippen molar-refractivity contribution in [3.05, 3.63) is 68.9 Å². The number of carbonyl (C=O) groups is 1. The number of fused-ring (bicyclic) bond motifs is 3. The summed E-state index contributed by atoms with van der Waals surface area (Å²) in [5, 5.41) is 9.27. The van der Waals surface area contributed by atoms with E-state index in [0.29, 0.717) is 28.2 Å². The maximum absolute atomic E-state index is 13.7. The third-order valence-corrected chi connectivity index (χ3v) is 6.17.